The van der Waals surface area contributed by atoms with Gasteiger partial charge in [0.05, 0.1) is 5.69 Å². The van der Waals surface area contributed by atoms with Gasteiger partial charge in [0.1, 0.15) is 5.82 Å². The van der Waals surface area contributed by atoms with Crippen molar-refractivity contribution in [1.29, 1.82) is 0 Å². The zero-order valence-corrected chi connectivity index (χ0v) is 14.6. The minimum Gasteiger partial charge on any atom is -0.380 e. The zero-order chi connectivity index (χ0) is 14.7. The molecule has 0 aliphatic heterocycles. The molecule has 1 nitrogen and oxygen atoms in total. The smallest absolute Gasteiger partial charge is 0.123 e. The summed E-state index contributed by atoms with van der Waals surface area (Å²) in [5.74, 6) is -0.196. The van der Waals surface area contributed by atoms with E-state index in [9.17, 15) is 4.39 Å². The maximum atomic E-state index is 12.9. The van der Waals surface area contributed by atoms with Crippen LogP contribution in [0.5, 0.6) is 0 Å². The lowest BCUT2D eigenvalue weighted by molar-refractivity contribution is 0.626. The van der Waals surface area contributed by atoms with E-state index >= 15 is 0 Å². The molecular formula is C16H16Br2FN. The maximum Gasteiger partial charge on any atom is 0.123 e. The topological polar surface area (TPSA) is 12.0 Å². The van der Waals surface area contributed by atoms with Crippen molar-refractivity contribution in [3.63, 3.8) is 0 Å². The van der Waals surface area contributed by atoms with Gasteiger partial charge in [0.15, 0.2) is 0 Å². The van der Waals surface area contributed by atoms with Crippen molar-refractivity contribution in [2.75, 3.05) is 5.32 Å². The molecule has 0 aliphatic carbocycles. The molecular weight excluding hydrogens is 385 g/mol. The average Bonchev–Trinajstić information content (AvgIpc) is 2.36. The minimum absolute atomic E-state index is 0.196. The third-order valence-corrected chi connectivity index (χ3v) is 4.28. The fourth-order valence-corrected chi connectivity index (χ4v) is 3.75. The van der Waals surface area contributed by atoms with Crippen LogP contribution in [-0.4, -0.2) is 6.04 Å². The van der Waals surface area contributed by atoms with Crippen molar-refractivity contribution in [2.45, 2.75) is 26.3 Å². The summed E-state index contributed by atoms with van der Waals surface area (Å²) in [5.41, 5.74) is 3.36. The monoisotopic (exact) mass is 399 g/mol. The van der Waals surface area contributed by atoms with E-state index in [0.717, 1.165) is 26.6 Å². The second kappa shape index (κ2) is 6.72. The first-order chi connectivity index (χ1) is 9.45. The molecule has 0 aromatic heterocycles. The quantitative estimate of drug-likeness (QED) is 0.693. The SMILES string of the molecule is Cc1cc(Br)c(NC(C)Cc2ccc(F)cc2)c(Br)c1. The molecule has 0 heterocycles. The van der Waals surface area contributed by atoms with E-state index in [1.54, 1.807) is 0 Å². The Balaban J connectivity index is 2.08. The van der Waals surface area contributed by atoms with Gasteiger partial charge in [-0.25, -0.2) is 4.39 Å². The first-order valence-corrected chi connectivity index (χ1v) is 8.01. The zero-order valence-electron chi connectivity index (χ0n) is 11.4. The van der Waals surface area contributed by atoms with E-state index in [4.69, 9.17) is 0 Å². The molecule has 1 N–H and O–H groups in total. The number of hydrogen-bond donors (Lipinski definition) is 1. The predicted octanol–water partition coefficient (Wildman–Crippen LogP) is 5.70. The number of benzene rings is 2. The fraction of sp³-hybridized carbons (Fsp3) is 0.250. The molecule has 2 aromatic carbocycles. The highest BCUT2D eigenvalue weighted by Crippen LogP contribution is 2.33. The minimum atomic E-state index is -0.196. The van der Waals surface area contributed by atoms with Crippen LogP contribution in [0.25, 0.3) is 0 Å². The van der Waals surface area contributed by atoms with Crippen LogP contribution in [0.3, 0.4) is 0 Å². The van der Waals surface area contributed by atoms with Gasteiger partial charge in [-0.1, -0.05) is 12.1 Å². The average molecular weight is 401 g/mol. The highest BCUT2D eigenvalue weighted by atomic mass is 79.9. The van der Waals surface area contributed by atoms with Gasteiger partial charge in [0.25, 0.3) is 0 Å². The van der Waals surface area contributed by atoms with E-state index in [1.165, 1.54) is 17.7 Å². The molecule has 1 unspecified atom stereocenters. The van der Waals surface area contributed by atoms with Crippen LogP contribution in [0.15, 0.2) is 45.3 Å². The number of anilines is 1. The lowest BCUT2D eigenvalue weighted by atomic mass is 10.1. The third-order valence-electron chi connectivity index (χ3n) is 3.03. The van der Waals surface area contributed by atoms with Crippen molar-refractivity contribution in [2.24, 2.45) is 0 Å². The van der Waals surface area contributed by atoms with E-state index in [0.29, 0.717) is 0 Å². The van der Waals surface area contributed by atoms with Crippen molar-refractivity contribution in [3.8, 4) is 0 Å². The molecule has 1 atom stereocenters. The summed E-state index contributed by atoms with van der Waals surface area (Å²) < 4.78 is 15.0. The van der Waals surface area contributed by atoms with E-state index < -0.39 is 0 Å². The molecule has 0 aliphatic rings. The highest BCUT2D eigenvalue weighted by molar-refractivity contribution is 9.11. The van der Waals surface area contributed by atoms with E-state index in [-0.39, 0.29) is 11.9 Å². The Labute approximate surface area is 135 Å². The van der Waals surface area contributed by atoms with E-state index in [1.807, 2.05) is 12.1 Å². The van der Waals surface area contributed by atoms with E-state index in [2.05, 4.69) is 63.2 Å². The number of halogens is 3. The normalized spacial score (nSPS) is 12.2. The van der Waals surface area contributed by atoms with Crippen LogP contribution < -0.4 is 5.32 Å². The number of aryl methyl sites for hydroxylation is 1. The van der Waals surface area contributed by atoms with Crippen molar-refractivity contribution in [3.05, 3.63) is 62.3 Å². The van der Waals surface area contributed by atoms with Gasteiger partial charge in [-0.05, 0) is 87.5 Å². The van der Waals surface area contributed by atoms with Crippen LogP contribution in [0.4, 0.5) is 10.1 Å². The molecule has 2 rings (SSSR count). The molecule has 0 fully saturated rings. The summed E-state index contributed by atoms with van der Waals surface area (Å²) in [7, 11) is 0. The van der Waals surface area contributed by atoms with Crippen LogP contribution in [0.2, 0.25) is 0 Å². The molecule has 4 heteroatoms. The van der Waals surface area contributed by atoms with Crippen molar-refractivity contribution < 1.29 is 4.39 Å². The number of hydrogen-bond acceptors (Lipinski definition) is 1. The largest absolute Gasteiger partial charge is 0.380 e. The molecule has 0 amide bonds. The Morgan fingerprint density at radius 3 is 2.20 bits per heavy atom. The molecule has 2 aromatic rings. The lowest BCUT2D eigenvalue weighted by Gasteiger charge is -2.18. The van der Waals surface area contributed by atoms with Gasteiger partial charge in [-0.3, -0.25) is 0 Å². The van der Waals surface area contributed by atoms with Crippen LogP contribution in [0, 0.1) is 12.7 Å². The number of nitrogens with one attached hydrogen (secondary N) is 1. The van der Waals surface area contributed by atoms with Crippen molar-refractivity contribution in [1.82, 2.24) is 0 Å². The molecule has 0 saturated heterocycles. The lowest BCUT2D eigenvalue weighted by Crippen LogP contribution is -2.18. The molecule has 20 heavy (non-hydrogen) atoms. The Bertz CT molecular complexity index is 573. The second-order valence-corrected chi connectivity index (χ2v) is 6.69. The summed E-state index contributed by atoms with van der Waals surface area (Å²) >= 11 is 7.16. The third kappa shape index (κ3) is 4.06. The summed E-state index contributed by atoms with van der Waals surface area (Å²) in [5, 5.41) is 3.48. The second-order valence-electron chi connectivity index (χ2n) is 4.98. The predicted molar refractivity (Wildman–Crippen MR) is 89.8 cm³/mol. The van der Waals surface area contributed by atoms with Crippen LogP contribution in [0.1, 0.15) is 18.1 Å². The molecule has 0 saturated carbocycles. The first-order valence-electron chi connectivity index (χ1n) is 6.42. The fourth-order valence-electron chi connectivity index (χ4n) is 2.11. The summed E-state index contributed by atoms with van der Waals surface area (Å²) in [6.07, 6.45) is 0.840. The maximum absolute atomic E-state index is 12.9. The summed E-state index contributed by atoms with van der Waals surface area (Å²) in [6, 6.07) is 11.1. The Kier molecular flexibility index (Phi) is 5.22. The Hall–Kier alpha value is -0.870. The first kappa shape index (κ1) is 15.5. The van der Waals surface area contributed by atoms with Gasteiger partial charge < -0.3 is 5.32 Å². The van der Waals surface area contributed by atoms with Gasteiger partial charge in [-0.15, -0.1) is 0 Å². The van der Waals surface area contributed by atoms with Crippen molar-refractivity contribution >= 4 is 37.5 Å². The molecule has 0 spiro atoms. The Morgan fingerprint density at radius 1 is 1.10 bits per heavy atom. The van der Waals surface area contributed by atoms with Gasteiger partial charge in [0, 0.05) is 15.0 Å². The Morgan fingerprint density at radius 2 is 1.65 bits per heavy atom. The molecule has 0 radical (unpaired) electrons. The summed E-state index contributed by atoms with van der Waals surface area (Å²) in [4.78, 5) is 0. The van der Waals surface area contributed by atoms with Gasteiger partial charge in [0.2, 0.25) is 0 Å². The van der Waals surface area contributed by atoms with Gasteiger partial charge >= 0.3 is 0 Å². The highest BCUT2D eigenvalue weighted by Gasteiger charge is 2.10. The summed E-state index contributed by atoms with van der Waals surface area (Å²) in [6.45, 7) is 4.17. The van der Waals surface area contributed by atoms with Crippen LogP contribution >= 0.6 is 31.9 Å². The standard InChI is InChI=1S/C16H16Br2FN/c1-10-7-14(17)16(15(18)8-10)20-11(2)9-12-3-5-13(19)6-4-12/h3-8,11,20H,9H2,1-2H3. The van der Waals surface area contributed by atoms with Crippen LogP contribution in [-0.2, 0) is 6.42 Å². The number of rotatable bonds is 4. The molecule has 106 valence electrons. The van der Waals surface area contributed by atoms with Gasteiger partial charge in [-0.2, -0.15) is 0 Å². The molecule has 0 bridgehead atoms.